The average Bonchev–Trinajstić information content (AvgIpc) is 3.19. The average molecular weight is 371 g/mol. The zero-order chi connectivity index (χ0) is 18.7. The second-order valence-corrected chi connectivity index (χ2v) is 7.13. The largest absolute Gasteiger partial charge is 0.468 e. The molecule has 0 radical (unpaired) electrons. The van der Waals surface area contributed by atoms with E-state index in [0.717, 1.165) is 22.5 Å². The summed E-state index contributed by atoms with van der Waals surface area (Å²) in [4.78, 5) is 27.6. The zero-order valence-electron chi connectivity index (χ0n) is 15.1. The van der Waals surface area contributed by atoms with E-state index in [-0.39, 0.29) is 18.4 Å². The molecule has 0 atom stereocenters. The van der Waals surface area contributed by atoms with Gasteiger partial charge in [-0.05, 0) is 37.1 Å². The summed E-state index contributed by atoms with van der Waals surface area (Å²) in [7, 11) is 1.55. The molecule has 6 heteroatoms. The number of hydrogen-bond acceptors (Lipinski definition) is 5. The van der Waals surface area contributed by atoms with Gasteiger partial charge in [-0.25, -0.2) is 0 Å². The van der Waals surface area contributed by atoms with E-state index >= 15 is 0 Å². The molecule has 0 bridgehead atoms. The third kappa shape index (κ3) is 3.61. The number of imide groups is 1. The van der Waals surface area contributed by atoms with Crippen LogP contribution >= 0.6 is 11.8 Å². The minimum absolute atomic E-state index is 0.243. The number of nitrogens with zero attached hydrogens (tertiary/aromatic N) is 1. The Morgan fingerprint density at radius 2 is 1.96 bits per heavy atom. The SMILES string of the molecule is COCCN1C(=O)C(SCc2ccco2)=C(c2ccc(C)cc2C)C1=O. The molecule has 0 saturated carbocycles. The summed E-state index contributed by atoms with van der Waals surface area (Å²) in [5, 5.41) is 0. The van der Waals surface area contributed by atoms with Crippen molar-refractivity contribution in [1.29, 1.82) is 0 Å². The molecule has 1 aliphatic heterocycles. The predicted molar refractivity (Wildman–Crippen MR) is 101 cm³/mol. The Hall–Kier alpha value is -2.31. The Morgan fingerprint density at radius 3 is 2.62 bits per heavy atom. The number of thioether (sulfide) groups is 1. The van der Waals surface area contributed by atoms with E-state index in [1.165, 1.54) is 16.7 Å². The van der Waals surface area contributed by atoms with E-state index in [4.69, 9.17) is 9.15 Å². The number of methoxy groups -OCH3 is 1. The molecular weight excluding hydrogens is 350 g/mol. The Balaban J connectivity index is 1.99. The fourth-order valence-electron chi connectivity index (χ4n) is 2.94. The van der Waals surface area contributed by atoms with Crippen molar-refractivity contribution in [2.24, 2.45) is 0 Å². The topological polar surface area (TPSA) is 59.8 Å². The van der Waals surface area contributed by atoms with Gasteiger partial charge in [0, 0.05) is 7.11 Å². The second-order valence-electron chi connectivity index (χ2n) is 6.15. The fraction of sp³-hybridized carbons (Fsp3) is 0.300. The van der Waals surface area contributed by atoms with E-state index in [1.807, 2.05) is 44.2 Å². The minimum atomic E-state index is -0.265. The summed E-state index contributed by atoms with van der Waals surface area (Å²) < 4.78 is 10.4. The first kappa shape index (κ1) is 18.5. The van der Waals surface area contributed by atoms with Gasteiger partial charge in [0.15, 0.2) is 0 Å². The van der Waals surface area contributed by atoms with Crippen molar-refractivity contribution in [2.45, 2.75) is 19.6 Å². The highest BCUT2D eigenvalue weighted by Gasteiger charge is 2.39. The van der Waals surface area contributed by atoms with Crippen molar-refractivity contribution >= 4 is 29.1 Å². The molecule has 1 aromatic carbocycles. The molecule has 2 heterocycles. The molecule has 5 nitrogen and oxygen atoms in total. The van der Waals surface area contributed by atoms with Crippen LogP contribution in [0.15, 0.2) is 45.9 Å². The molecule has 0 saturated heterocycles. The molecule has 0 unspecified atom stereocenters. The zero-order valence-corrected chi connectivity index (χ0v) is 15.9. The number of carbonyl (C=O) groups excluding carboxylic acids is 2. The smallest absolute Gasteiger partial charge is 0.268 e. The lowest BCUT2D eigenvalue weighted by molar-refractivity contribution is -0.137. The third-order valence-corrected chi connectivity index (χ3v) is 5.33. The molecule has 0 fully saturated rings. The summed E-state index contributed by atoms with van der Waals surface area (Å²) in [5.41, 5.74) is 3.37. The van der Waals surface area contributed by atoms with E-state index in [9.17, 15) is 9.59 Å². The van der Waals surface area contributed by atoms with Crippen LogP contribution in [0.3, 0.4) is 0 Å². The lowest BCUT2D eigenvalue weighted by Crippen LogP contribution is -2.34. The van der Waals surface area contributed by atoms with Gasteiger partial charge in [0.05, 0.1) is 35.6 Å². The van der Waals surface area contributed by atoms with Gasteiger partial charge in [0.1, 0.15) is 5.76 Å². The summed E-state index contributed by atoms with van der Waals surface area (Å²) in [6.45, 7) is 4.52. The molecule has 2 aromatic rings. The molecule has 3 rings (SSSR count). The Bertz CT molecular complexity index is 855. The molecular formula is C20H21NO4S. The first-order valence-electron chi connectivity index (χ1n) is 8.35. The maximum absolute atomic E-state index is 13.0. The van der Waals surface area contributed by atoms with Gasteiger partial charge in [-0.1, -0.05) is 23.8 Å². The van der Waals surface area contributed by atoms with Crippen molar-refractivity contribution in [3.63, 3.8) is 0 Å². The Labute approximate surface area is 157 Å². The van der Waals surface area contributed by atoms with Gasteiger partial charge < -0.3 is 9.15 Å². The summed E-state index contributed by atoms with van der Waals surface area (Å²) in [6, 6.07) is 9.56. The number of benzene rings is 1. The summed E-state index contributed by atoms with van der Waals surface area (Å²) in [6.07, 6.45) is 1.60. The Morgan fingerprint density at radius 1 is 1.15 bits per heavy atom. The van der Waals surface area contributed by atoms with Crippen LogP contribution in [0.1, 0.15) is 22.5 Å². The molecule has 1 aromatic heterocycles. The second kappa shape index (κ2) is 7.93. The fourth-order valence-corrected chi connectivity index (χ4v) is 3.97. The van der Waals surface area contributed by atoms with Crippen molar-refractivity contribution in [2.75, 3.05) is 20.3 Å². The summed E-state index contributed by atoms with van der Waals surface area (Å²) >= 11 is 1.34. The van der Waals surface area contributed by atoms with Crippen LogP contribution in [-0.2, 0) is 20.1 Å². The van der Waals surface area contributed by atoms with Crippen LogP contribution in [0, 0.1) is 13.8 Å². The number of hydrogen-bond donors (Lipinski definition) is 0. The van der Waals surface area contributed by atoms with E-state index < -0.39 is 0 Å². The number of amides is 2. The van der Waals surface area contributed by atoms with Crippen molar-refractivity contribution in [3.05, 3.63) is 64.0 Å². The van der Waals surface area contributed by atoms with Gasteiger partial charge in [-0.3, -0.25) is 14.5 Å². The third-order valence-electron chi connectivity index (χ3n) is 4.23. The highest BCUT2D eigenvalue weighted by molar-refractivity contribution is 8.03. The van der Waals surface area contributed by atoms with Crippen molar-refractivity contribution in [1.82, 2.24) is 4.90 Å². The highest BCUT2D eigenvalue weighted by Crippen LogP contribution is 2.38. The van der Waals surface area contributed by atoms with Crippen LogP contribution < -0.4 is 0 Å². The standard InChI is InChI=1S/C20H21NO4S/c1-13-6-7-16(14(2)11-13)17-18(26-12-15-5-4-9-25-15)20(23)21(19(17)22)8-10-24-3/h4-7,9,11H,8,10,12H2,1-3H3. The minimum Gasteiger partial charge on any atom is -0.468 e. The van der Waals surface area contributed by atoms with Crippen LogP contribution in [0.2, 0.25) is 0 Å². The van der Waals surface area contributed by atoms with Gasteiger partial charge in [0.25, 0.3) is 11.8 Å². The van der Waals surface area contributed by atoms with Crippen LogP contribution in [0.4, 0.5) is 0 Å². The molecule has 0 spiro atoms. The molecule has 2 amide bonds. The first-order valence-corrected chi connectivity index (χ1v) is 9.33. The maximum Gasteiger partial charge on any atom is 0.268 e. The van der Waals surface area contributed by atoms with E-state index in [2.05, 4.69) is 0 Å². The first-order chi connectivity index (χ1) is 12.5. The maximum atomic E-state index is 13.0. The number of carbonyl (C=O) groups is 2. The molecule has 0 N–H and O–H groups in total. The van der Waals surface area contributed by atoms with E-state index in [0.29, 0.717) is 22.8 Å². The number of rotatable bonds is 7. The molecule has 136 valence electrons. The molecule has 26 heavy (non-hydrogen) atoms. The number of ether oxygens (including phenoxy) is 1. The highest BCUT2D eigenvalue weighted by atomic mass is 32.2. The van der Waals surface area contributed by atoms with Crippen molar-refractivity contribution in [3.8, 4) is 0 Å². The number of furan rings is 1. The Kier molecular flexibility index (Phi) is 5.64. The molecule has 0 aliphatic carbocycles. The lowest BCUT2D eigenvalue weighted by atomic mass is 9.99. The van der Waals surface area contributed by atoms with Gasteiger partial charge >= 0.3 is 0 Å². The monoisotopic (exact) mass is 371 g/mol. The number of aryl methyl sites for hydroxylation is 2. The molecule has 1 aliphatic rings. The lowest BCUT2D eigenvalue weighted by Gasteiger charge is -2.14. The predicted octanol–water partition coefficient (Wildman–Crippen LogP) is 3.56. The van der Waals surface area contributed by atoms with Gasteiger partial charge in [0.2, 0.25) is 0 Å². The van der Waals surface area contributed by atoms with E-state index in [1.54, 1.807) is 13.4 Å². The van der Waals surface area contributed by atoms with Crippen molar-refractivity contribution < 1.29 is 18.7 Å². The normalized spacial score (nSPS) is 14.7. The van der Waals surface area contributed by atoms with Crippen LogP contribution in [-0.4, -0.2) is 37.0 Å². The van der Waals surface area contributed by atoms with Crippen LogP contribution in [0.5, 0.6) is 0 Å². The van der Waals surface area contributed by atoms with Gasteiger partial charge in [-0.15, -0.1) is 11.8 Å². The quantitative estimate of drug-likeness (QED) is 0.697. The van der Waals surface area contributed by atoms with Gasteiger partial charge in [-0.2, -0.15) is 0 Å². The van der Waals surface area contributed by atoms with Crippen LogP contribution in [0.25, 0.3) is 5.57 Å². The summed E-state index contributed by atoms with van der Waals surface area (Å²) in [5.74, 6) is 0.728.